The van der Waals surface area contributed by atoms with Crippen molar-refractivity contribution in [1.29, 1.82) is 0 Å². The maximum absolute atomic E-state index is 11.3. The molecular formula is C14H16N2O4S. The Morgan fingerprint density at radius 2 is 2.14 bits per heavy atom. The number of carbonyl (C=O) groups is 2. The second kappa shape index (κ2) is 7.12. The third-order valence-electron chi connectivity index (χ3n) is 2.76. The van der Waals surface area contributed by atoms with E-state index in [9.17, 15) is 9.59 Å². The van der Waals surface area contributed by atoms with Gasteiger partial charge in [-0.1, -0.05) is 23.9 Å². The lowest BCUT2D eigenvalue weighted by Crippen LogP contribution is -2.10. The molecule has 1 aromatic heterocycles. The number of hydrogen-bond acceptors (Lipinski definition) is 5. The van der Waals surface area contributed by atoms with Gasteiger partial charge in [-0.2, -0.15) is 0 Å². The van der Waals surface area contributed by atoms with E-state index in [1.165, 1.54) is 11.8 Å². The third kappa shape index (κ3) is 3.98. The van der Waals surface area contributed by atoms with Gasteiger partial charge in [-0.25, -0.2) is 4.98 Å². The van der Waals surface area contributed by atoms with Crippen molar-refractivity contribution in [2.45, 2.75) is 25.0 Å². The molecule has 0 aliphatic rings. The maximum atomic E-state index is 11.3. The number of rotatable bonds is 7. The largest absolute Gasteiger partial charge is 0.480 e. The minimum atomic E-state index is -0.926. The second-order valence-corrected chi connectivity index (χ2v) is 5.33. The Labute approximate surface area is 126 Å². The van der Waals surface area contributed by atoms with Gasteiger partial charge in [0, 0.05) is 5.75 Å². The molecule has 6 nitrogen and oxygen atoms in total. The number of esters is 1. The highest BCUT2D eigenvalue weighted by molar-refractivity contribution is 7.99. The van der Waals surface area contributed by atoms with Crippen LogP contribution >= 0.6 is 11.8 Å². The topological polar surface area (TPSA) is 81.4 Å². The van der Waals surface area contributed by atoms with Gasteiger partial charge in [0.15, 0.2) is 5.16 Å². The summed E-state index contributed by atoms with van der Waals surface area (Å²) in [4.78, 5) is 26.7. The molecule has 0 fully saturated rings. The number of aliphatic carboxylic acids is 1. The fourth-order valence-corrected chi connectivity index (χ4v) is 2.84. The molecule has 0 aliphatic carbocycles. The van der Waals surface area contributed by atoms with Crippen LogP contribution in [0.2, 0.25) is 0 Å². The van der Waals surface area contributed by atoms with Gasteiger partial charge in [0.1, 0.15) is 6.54 Å². The fourth-order valence-electron chi connectivity index (χ4n) is 1.91. The zero-order valence-electron chi connectivity index (χ0n) is 11.6. The quantitative estimate of drug-likeness (QED) is 0.623. The van der Waals surface area contributed by atoms with Gasteiger partial charge in [-0.3, -0.25) is 9.59 Å². The SMILES string of the molecule is CCOC(=O)CCSc1nc2ccccc2n1CC(=O)O. The lowest BCUT2D eigenvalue weighted by atomic mass is 10.3. The first-order chi connectivity index (χ1) is 10.1. The van der Waals surface area contributed by atoms with Crippen LogP contribution in [0.4, 0.5) is 0 Å². The molecule has 0 bridgehead atoms. The van der Waals surface area contributed by atoms with E-state index in [1.54, 1.807) is 11.5 Å². The summed E-state index contributed by atoms with van der Waals surface area (Å²) in [5.41, 5.74) is 1.52. The monoisotopic (exact) mass is 308 g/mol. The molecule has 21 heavy (non-hydrogen) atoms. The van der Waals surface area contributed by atoms with Crippen LogP contribution in [0.1, 0.15) is 13.3 Å². The second-order valence-electron chi connectivity index (χ2n) is 4.27. The van der Waals surface area contributed by atoms with Gasteiger partial charge < -0.3 is 14.4 Å². The van der Waals surface area contributed by atoms with E-state index in [4.69, 9.17) is 9.84 Å². The highest BCUT2D eigenvalue weighted by Gasteiger charge is 2.14. The Morgan fingerprint density at radius 3 is 2.86 bits per heavy atom. The summed E-state index contributed by atoms with van der Waals surface area (Å²) in [6.45, 7) is 1.97. The fraction of sp³-hybridized carbons (Fsp3) is 0.357. The van der Waals surface area contributed by atoms with E-state index in [-0.39, 0.29) is 18.9 Å². The number of benzene rings is 1. The first kappa shape index (κ1) is 15.4. The zero-order valence-corrected chi connectivity index (χ0v) is 12.4. The van der Waals surface area contributed by atoms with Gasteiger partial charge in [0.25, 0.3) is 0 Å². The van der Waals surface area contributed by atoms with Crippen molar-refractivity contribution >= 4 is 34.7 Å². The molecule has 1 heterocycles. The molecule has 0 unspecified atom stereocenters. The molecule has 2 aromatic rings. The average Bonchev–Trinajstić information content (AvgIpc) is 2.77. The standard InChI is InChI=1S/C14H16N2O4S/c1-2-20-13(19)7-8-21-14-15-10-5-3-4-6-11(10)16(14)9-12(17)18/h3-6H,2,7-9H2,1H3,(H,17,18). The van der Waals surface area contributed by atoms with Crippen molar-refractivity contribution in [3.8, 4) is 0 Å². The number of thioether (sulfide) groups is 1. The summed E-state index contributed by atoms with van der Waals surface area (Å²) in [5, 5.41) is 9.62. The van der Waals surface area contributed by atoms with Gasteiger partial charge in [0.2, 0.25) is 0 Å². The van der Waals surface area contributed by atoms with Crippen LogP contribution < -0.4 is 0 Å². The Bertz CT molecular complexity index is 653. The number of imidazole rings is 1. The molecule has 0 radical (unpaired) electrons. The smallest absolute Gasteiger partial charge is 0.323 e. The summed E-state index contributed by atoms with van der Waals surface area (Å²) in [5.74, 6) is -0.682. The van der Waals surface area contributed by atoms with Gasteiger partial charge in [-0.05, 0) is 19.1 Å². The molecule has 0 amide bonds. The minimum absolute atomic E-state index is 0.151. The number of carboxylic acid groups (broad SMARTS) is 1. The molecule has 7 heteroatoms. The van der Waals surface area contributed by atoms with Gasteiger partial charge in [0.05, 0.1) is 24.1 Å². The van der Waals surface area contributed by atoms with E-state index < -0.39 is 5.97 Å². The van der Waals surface area contributed by atoms with Crippen molar-refractivity contribution in [3.05, 3.63) is 24.3 Å². The number of para-hydroxylation sites is 2. The summed E-state index contributed by atoms with van der Waals surface area (Å²) >= 11 is 1.36. The summed E-state index contributed by atoms with van der Waals surface area (Å²) in [6.07, 6.45) is 0.273. The molecule has 0 aliphatic heterocycles. The van der Waals surface area contributed by atoms with Crippen LogP contribution in [0.3, 0.4) is 0 Å². The van der Waals surface area contributed by atoms with E-state index in [0.29, 0.717) is 17.5 Å². The Balaban J connectivity index is 2.14. The molecule has 0 atom stereocenters. The van der Waals surface area contributed by atoms with Gasteiger partial charge in [-0.15, -0.1) is 0 Å². The number of hydrogen-bond donors (Lipinski definition) is 1. The lowest BCUT2D eigenvalue weighted by Gasteiger charge is -2.05. The van der Waals surface area contributed by atoms with Crippen molar-refractivity contribution in [2.24, 2.45) is 0 Å². The molecule has 0 saturated carbocycles. The maximum Gasteiger partial charge on any atom is 0.323 e. The molecule has 0 spiro atoms. The molecule has 2 rings (SSSR count). The normalized spacial score (nSPS) is 10.7. The predicted molar refractivity (Wildman–Crippen MR) is 79.3 cm³/mol. The first-order valence-corrected chi connectivity index (χ1v) is 7.56. The van der Waals surface area contributed by atoms with Crippen LogP contribution in [-0.2, 0) is 20.9 Å². The highest BCUT2D eigenvalue weighted by atomic mass is 32.2. The lowest BCUT2D eigenvalue weighted by molar-refractivity contribution is -0.142. The molecular weight excluding hydrogens is 292 g/mol. The van der Waals surface area contributed by atoms with E-state index in [2.05, 4.69) is 4.98 Å². The number of fused-ring (bicyclic) bond motifs is 1. The average molecular weight is 308 g/mol. The van der Waals surface area contributed by atoms with Crippen molar-refractivity contribution in [1.82, 2.24) is 9.55 Å². The Morgan fingerprint density at radius 1 is 1.38 bits per heavy atom. The number of nitrogens with zero attached hydrogens (tertiary/aromatic N) is 2. The molecule has 1 N–H and O–H groups in total. The Kier molecular flexibility index (Phi) is 5.21. The summed E-state index contributed by atoms with van der Waals surface area (Å²) < 4.78 is 6.51. The van der Waals surface area contributed by atoms with Crippen molar-refractivity contribution in [3.63, 3.8) is 0 Å². The number of ether oxygens (including phenoxy) is 1. The molecule has 112 valence electrons. The van der Waals surface area contributed by atoms with E-state index >= 15 is 0 Å². The summed E-state index contributed by atoms with van der Waals surface area (Å²) in [6, 6.07) is 7.37. The van der Waals surface area contributed by atoms with E-state index in [0.717, 1.165) is 11.0 Å². The molecule has 0 saturated heterocycles. The number of carboxylic acids is 1. The van der Waals surface area contributed by atoms with Crippen LogP contribution in [0.25, 0.3) is 11.0 Å². The zero-order chi connectivity index (χ0) is 15.2. The van der Waals surface area contributed by atoms with Crippen molar-refractivity contribution < 1.29 is 19.4 Å². The van der Waals surface area contributed by atoms with Crippen LogP contribution in [0, 0.1) is 0 Å². The minimum Gasteiger partial charge on any atom is -0.480 e. The third-order valence-corrected chi connectivity index (χ3v) is 3.73. The first-order valence-electron chi connectivity index (χ1n) is 6.57. The summed E-state index contributed by atoms with van der Waals surface area (Å²) in [7, 11) is 0. The van der Waals surface area contributed by atoms with Crippen LogP contribution in [-0.4, -0.2) is 39.0 Å². The van der Waals surface area contributed by atoms with Gasteiger partial charge >= 0.3 is 11.9 Å². The van der Waals surface area contributed by atoms with Crippen LogP contribution in [0.15, 0.2) is 29.4 Å². The van der Waals surface area contributed by atoms with Crippen LogP contribution in [0.5, 0.6) is 0 Å². The molecule has 1 aromatic carbocycles. The van der Waals surface area contributed by atoms with E-state index in [1.807, 2.05) is 24.3 Å². The Hall–Kier alpha value is -2.02. The predicted octanol–water partition coefficient (Wildman–Crippen LogP) is 2.17. The van der Waals surface area contributed by atoms with Crippen molar-refractivity contribution in [2.75, 3.05) is 12.4 Å². The highest BCUT2D eigenvalue weighted by Crippen LogP contribution is 2.24. The number of carbonyl (C=O) groups excluding carboxylic acids is 1. The number of aromatic nitrogens is 2.